The highest BCUT2D eigenvalue weighted by Crippen LogP contribution is 2.39. The molecule has 0 saturated carbocycles. The highest BCUT2D eigenvalue weighted by Gasteiger charge is 2.44. The van der Waals surface area contributed by atoms with Crippen molar-refractivity contribution < 1.29 is 33.3 Å². The second-order valence-electron chi connectivity index (χ2n) is 7.11. The molecule has 0 amide bonds. The van der Waals surface area contributed by atoms with Gasteiger partial charge >= 0.3 is 11.9 Å². The van der Waals surface area contributed by atoms with Crippen LogP contribution >= 0.6 is 0 Å². The average molecular weight is 463 g/mol. The molecular weight excluding hydrogens is 442 g/mol. The molecule has 0 unspecified atom stereocenters. The molecule has 34 heavy (non-hydrogen) atoms. The lowest BCUT2D eigenvalue weighted by molar-refractivity contribution is -0.146. The first kappa shape index (κ1) is 24.1. The summed E-state index contributed by atoms with van der Waals surface area (Å²) < 4.78 is 21.1. The van der Waals surface area contributed by atoms with Crippen LogP contribution in [0.3, 0.4) is 0 Å². The van der Waals surface area contributed by atoms with Crippen LogP contribution < -0.4 is 20.9 Å². The van der Waals surface area contributed by atoms with Crippen LogP contribution in [0.1, 0.15) is 36.5 Å². The highest BCUT2D eigenvalue weighted by atomic mass is 16.5. The number of aliphatic hydroxyl groups is 1. The second kappa shape index (κ2) is 9.92. The maximum Gasteiger partial charge on any atom is 0.338 e. The van der Waals surface area contributed by atoms with Crippen molar-refractivity contribution in [3.8, 4) is 17.9 Å². The topological polar surface area (TPSA) is 167 Å². The Labute approximate surface area is 194 Å². The number of carbonyl (C=O) groups excluding carboxylic acids is 2. The lowest BCUT2D eigenvalue weighted by Gasteiger charge is -2.29. The molecule has 0 aliphatic heterocycles. The van der Waals surface area contributed by atoms with Crippen molar-refractivity contribution in [1.82, 2.24) is 0 Å². The van der Waals surface area contributed by atoms with Gasteiger partial charge in [0.1, 0.15) is 35.1 Å². The van der Waals surface area contributed by atoms with E-state index in [-0.39, 0.29) is 29.4 Å². The van der Waals surface area contributed by atoms with Crippen LogP contribution in [0.2, 0.25) is 0 Å². The summed E-state index contributed by atoms with van der Waals surface area (Å²) in [5.74, 6) is -4.42. The number of carbonyl (C=O) groups is 2. The SMILES string of the molecule is CCOC(=O)C1=c2oc(=N)c(C#N)c(C#N)c2=C(O)[C@@H](C(=O)OCC)[C@H]1c1ccc(OC)cc1. The number of fused-ring (bicyclic) bond motifs is 1. The Morgan fingerprint density at radius 2 is 1.71 bits per heavy atom. The molecule has 1 aromatic heterocycles. The van der Waals surface area contributed by atoms with Crippen LogP contribution in [-0.4, -0.2) is 37.4 Å². The van der Waals surface area contributed by atoms with Crippen LogP contribution in [-0.2, 0) is 19.1 Å². The zero-order chi connectivity index (χ0) is 25.0. The van der Waals surface area contributed by atoms with Gasteiger partial charge in [0.15, 0.2) is 5.42 Å². The number of methoxy groups -OCH3 is 1. The largest absolute Gasteiger partial charge is 0.511 e. The summed E-state index contributed by atoms with van der Waals surface area (Å²) in [6.45, 7) is 3.15. The van der Waals surface area contributed by atoms with Crippen molar-refractivity contribution in [2.75, 3.05) is 20.3 Å². The Kier molecular flexibility index (Phi) is 7.03. The van der Waals surface area contributed by atoms with Crippen molar-refractivity contribution in [3.63, 3.8) is 0 Å². The van der Waals surface area contributed by atoms with Gasteiger partial charge in [0.25, 0.3) is 0 Å². The van der Waals surface area contributed by atoms with Crippen molar-refractivity contribution in [1.29, 1.82) is 15.9 Å². The number of rotatable bonds is 6. The first-order chi connectivity index (χ1) is 16.3. The van der Waals surface area contributed by atoms with Gasteiger partial charge in [0.05, 0.1) is 36.7 Å². The number of nitrogens with one attached hydrogen (secondary N) is 1. The minimum Gasteiger partial charge on any atom is -0.511 e. The third kappa shape index (κ3) is 3.97. The van der Waals surface area contributed by atoms with E-state index in [9.17, 15) is 25.2 Å². The van der Waals surface area contributed by atoms with Gasteiger partial charge in [0.2, 0.25) is 5.55 Å². The second-order valence-corrected chi connectivity index (χ2v) is 7.11. The fourth-order valence-corrected chi connectivity index (χ4v) is 3.91. The van der Waals surface area contributed by atoms with Crippen LogP contribution in [0.25, 0.3) is 11.3 Å². The lowest BCUT2D eigenvalue weighted by Crippen LogP contribution is -2.48. The fourth-order valence-electron chi connectivity index (χ4n) is 3.91. The van der Waals surface area contributed by atoms with E-state index < -0.39 is 46.2 Å². The summed E-state index contributed by atoms with van der Waals surface area (Å²) in [6, 6.07) is 9.90. The minimum atomic E-state index is -1.45. The summed E-state index contributed by atoms with van der Waals surface area (Å²) >= 11 is 0. The summed E-state index contributed by atoms with van der Waals surface area (Å²) in [5, 5.41) is 38.2. The normalized spacial score (nSPS) is 16.6. The number of nitrogens with zero attached hydrogens (tertiary/aromatic N) is 2. The van der Waals surface area contributed by atoms with E-state index in [1.165, 1.54) is 7.11 Å². The van der Waals surface area contributed by atoms with Gasteiger partial charge in [-0.3, -0.25) is 10.2 Å². The highest BCUT2D eigenvalue weighted by molar-refractivity contribution is 6.13. The molecule has 0 spiro atoms. The third-order valence-electron chi connectivity index (χ3n) is 5.33. The molecule has 0 radical (unpaired) electrons. The molecule has 10 nitrogen and oxygen atoms in total. The first-order valence-corrected chi connectivity index (χ1v) is 10.3. The molecule has 1 heterocycles. The van der Waals surface area contributed by atoms with Crippen molar-refractivity contribution in [2.24, 2.45) is 5.92 Å². The van der Waals surface area contributed by atoms with E-state index in [1.807, 2.05) is 0 Å². The minimum absolute atomic E-state index is 0.00979. The molecule has 174 valence electrons. The van der Waals surface area contributed by atoms with E-state index in [0.717, 1.165) is 0 Å². The van der Waals surface area contributed by atoms with Gasteiger partial charge in [-0.15, -0.1) is 0 Å². The van der Waals surface area contributed by atoms with Crippen LogP contribution in [0.4, 0.5) is 0 Å². The zero-order valence-corrected chi connectivity index (χ0v) is 18.7. The molecule has 0 bridgehead atoms. The third-order valence-corrected chi connectivity index (χ3v) is 5.33. The predicted molar refractivity (Wildman–Crippen MR) is 115 cm³/mol. The monoisotopic (exact) mass is 463 g/mol. The average Bonchev–Trinajstić information content (AvgIpc) is 2.83. The van der Waals surface area contributed by atoms with Crippen molar-refractivity contribution in [3.05, 3.63) is 57.1 Å². The summed E-state index contributed by atoms with van der Waals surface area (Å²) in [5.41, 5.74) is -1.60. The van der Waals surface area contributed by atoms with E-state index >= 15 is 0 Å². The van der Waals surface area contributed by atoms with Gasteiger partial charge in [-0.2, -0.15) is 10.5 Å². The fraction of sp³-hybridized carbons (Fsp3) is 0.292. The number of nitriles is 2. The van der Waals surface area contributed by atoms with Crippen molar-refractivity contribution in [2.45, 2.75) is 19.8 Å². The number of ether oxygens (including phenoxy) is 3. The van der Waals surface area contributed by atoms with E-state index in [4.69, 9.17) is 24.0 Å². The molecule has 0 fully saturated rings. The smallest absolute Gasteiger partial charge is 0.338 e. The van der Waals surface area contributed by atoms with Gasteiger partial charge < -0.3 is 23.7 Å². The Morgan fingerprint density at radius 3 is 2.24 bits per heavy atom. The Hall–Kier alpha value is -4.57. The molecule has 1 aliphatic rings. The maximum absolute atomic E-state index is 13.2. The van der Waals surface area contributed by atoms with Crippen LogP contribution in [0, 0.1) is 34.0 Å². The lowest BCUT2D eigenvalue weighted by atomic mass is 9.75. The molecule has 2 atom stereocenters. The number of aliphatic hydroxyl groups excluding tert-OH is 1. The molecule has 2 N–H and O–H groups in total. The summed E-state index contributed by atoms with van der Waals surface area (Å²) in [4.78, 5) is 26.2. The Balaban J connectivity index is 2.56. The summed E-state index contributed by atoms with van der Waals surface area (Å²) in [7, 11) is 1.48. The number of hydrogen-bond donors (Lipinski definition) is 2. The van der Waals surface area contributed by atoms with Gasteiger partial charge in [-0.25, -0.2) is 4.79 Å². The van der Waals surface area contributed by atoms with E-state index in [1.54, 1.807) is 50.3 Å². The maximum atomic E-state index is 13.2. The van der Waals surface area contributed by atoms with Gasteiger partial charge in [-0.05, 0) is 31.5 Å². The molecular formula is C24H21N3O7. The number of esters is 2. The number of benzene rings is 1. The molecule has 1 aromatic carbocycles. The summed E-state index contributed by atoms with van der Waals surface area (Å²) in [6.07, 6.45) is 0. The quantitative estimate of drug-likeness (QED) is 0.591. The molecule has 3 rings (SSSR count). The Bertz CT molecular complexity index is 1410. The standard InChI is InChI=1S/C24H21N3O7/c1-4-32-23(29)18-16(12-6-8-13(31-3)9-7-12)19(24(30)33-5-2)21-17(20(18)28)14(10-25)15(11-26)22(27)34-21/h6-9,16,18,27-28H,4-5H2,1-3H3/t16-,18+/m1/s1. The molecule has 0 saturated heterocycles. The molecule has 1 aliphatic carbocycles. The Morgan fingerprint density at radius 1 is 1.09 bits per heavy atom. The number of hydrogen-bond acceptors (Lipinski definition) is 10. The van der Waals surface area contributed by atoms with Crippen molar-refractivity contribution >= 4 is 23.3 Å². The molecule has 10 heteroatoms. The zero-order valence-electron chi connectivity index (χ0n) is 18.7. The molecule has 2 aromatic rings. The van der Waals surface area contributed by atoms with Gasteiger partial charge in [-0.1, -0.05) is 12.1 Å². The van der Waals surface area contributed by atoms with Crippen LogP contribution in [0.5, 0.6) is 5.75 Å². The van der Waals surface area contributed by atoms with Crippen LogP contribution in [0.15, 0.2) is 28.7 Å². The van der Waals surface area contributed by atoms with E-state index in [2.05, 4.69) is 0 Å². The van der Waals surface area contributed by atoms with E-state index in [0.29, 0.717) is 11.3 Å². The van der Waals surface area contributed by atoms with Gasteiger partial charge in [0, 0.05) is 5.92 Å². The predicted octanol–water partition coefficient (Wildman–Crippen LogP) is 0.868. The first-order valence-electron chi connectivity index (χ1n) is 10.3.